The van der Waals surface area contributed by atoms with Crippen molar-refractivity contribution in [2.24, 2.45) is 10.9 Å². The first-order chi connectivity index (χ1) is 9.83. The summed E-state index contributed by atoms with van der Waals surface area (Å²) in [5.74, 6) is 1.85. The monoisotopic (exact) mass is 410 g/mol. The highest BCUT2D eigenvalue weighted by atomic mass is 127. The predicted molar refractivity (Wildman–Crippen MR) is 98.6 cm³/mol. The van der Waals surface area contributed by atoms with Crippen LogP contribution in [0.15, 0.2) is 4.99 Å². The van der Waals surface area contributed by atoms with E-state index in [1.807, 2.05) is 0 Å². The van der Waals surface area contributed by atoms with Crippen LogP contribution in [0.25, 0.3) is 0 Å². The maximum atomic E-state index is 5.36. The molecule has 0 bridgehead atoms. The molecule has 2 N–H and O–H groups in total. The highest BCUT2D eigenvalue weighted by Crippen LogP contribution is 2.34. The molecule has 0 aromatic rings. The number of ether oxygens (including phenoxy) is 1. The Kier molecular flexibility index (Phi) is 9.59. The zero-order valence-electron chi connectivity index (χ0n) is 13.4. The number of morpholine rings is 1. The first-order valence-electron chi connectivity index (χ1n) is 8.18. The van der Waals surface area contributed by atoms with Crippen LogP contribution in [0, 0.1) is 5.92 Å². The van der Waals surface area contributed by atoms with E-state index >= 15 is 0 Å². The van der Waals surface area contributed by atoms with Crippen molar-refractivity contribution in [2.45, 2.75) is 39.2 Å². The van der Waals surface area contributed by atoms with Gasteiger partial charge in [0.2, 0.25) is 0 Å². The first kappa shape index (κ1) is 19.0. The Morgan fingerprint density at radius 3 is 2.71 bits per heavy atom. The smallest absolute Gasteiger partial charge is 0.191 e. The number of guanidine groups is 1. The Morgan fingerprint density at radius 2 is 2.05 bits per heavy atom. The third-order valence-electron chi connectivity index (χ3n) is 4.04. The summed E-state index contributed by atoms with van der Waals surface area (Å²) in [6.07, 6.45) is 3.93. The van der Waals surface area contributed by atoms with Crippen molar-refractivity contribution in [2.75, 3.05) is 45.9 Å². The molecule has 124 valence electrons. The molecular formula is C15H31IN4O. The summed E-state index contributed by atoms with van der Waals surface area (Å²) in [5.41, 5.74) is 0. The quantitative estimate of drug-likeness (QED) is 0.381. The molecular weight excluding hydrogens is 379 g/mol. The summed E-state index contributed by atoms with van der Waals surface area (Å²) < 4.78 is 5.36. The van der Waals surface area contributed by atoms with Crippen LogP contribution in [0.5, 0.6) is 0 Å². The number of nitrogens with zero attached hydrogens (tertiary/aromatic N) is 2. The molecule has 21 heavy (non-hydrogen) atoms. The highest BCUT2D eigenvalue weighted by molar-refractivity contribution is 14.0. The molecule has 1 aliphatic heterocycles. The Hall–Kier alpha value is -0.0800. The van der Waals surface area contributed by atoms with E-state index in [4.69, 9.17) is 9.73 Å². The van der Waals surface area contributed by atoms with Crippen molar-refractivity contribution in [3.05, 3.63) is 0 Å². The van der Waals surface area contributed by atoms with E-state index in [0.29, 0.717) is 6.04 Å². The SMILES string of the molecule is CCCC1CC1NC(=NCCN1CCOCC1)NCC.I. The maximum absolute atomic E-state index is 5.36. The summed E-state index contributed by atoms with van der Waals surface area (Å²) in [5, 5.41) is 6.91. The Bertz CT molecular complexity index is 308. The molecule has 0 spiro atoms. The molecule has 1 aliphatic carbocycles. The zero-order valence-corrected chi connectivity index (χ0v) is 15.8. The van der Waals surface area contributed by atoms with Crippen molar-refractivity contribution < 1.29 is 4.74 Å². The Balaban J connectivity index is 0.00000220. The van der Waals surface area contributed by atoms with Crippen molar-refractivity contribution in [3.8, 4) is 0 Å². The lowest BCUT2D eigenvalue weighted by atomic mass is 10.2. The number of hydrogen-bond donors (Lipinski definition) is 2. The molecule has 2 unspecified atom stereocenters. The van der Waals surface area contributed by atoms with Crippen LogP contribution in [0.3, 0.4) is 0 Å². The fourth-order valence-electron chi connectivity index (χ4n) is 2.74. The first-order valence-corrected chi connectivity index (χ1v) is 8.18. The van der Waals surface area contributed by atoms with Gasteiger partial charge >= 0.3 is 0 Å². The lowest BCUT2D eigenvalue weighted by molar-refractivity contribution is 0.0394. The van der Waals surface area contributed by atoms with E-state index in [1.165, 1.54) is 19.3 Å². The summed E-state index contributed by atoms with van der Waals surface area (Å²) >= 11 is 0. The van der Waals surface area contributed by atoms with Crippen molar-refractivity contribution >= 4 is 29.9 Å². The van der Waals surface area contributed by atoms with Gasteiger partial charge in [-0.3, -0.25) is 9.89 Å². The molecule has 0 aromatic heterocycles. The Morgan fingerprint density at radius 1 is 1.29 bits per heavy atom. The van der Waals surface area contributed by atoms with Gasteiger partial charge in [0.25, 0.3) is 0 Å². The van der Waals surface area contributed by atoms with Gasteiger partial charge in [-0.1, -0.05) is 13.3 Å². The third-order valence-corrected chi connectivity index (χ3v) is 4.04. The minimum Gasteiger partial charge on any atom is -0.379 e. The molecule has 0 aromatic carbocycles. The van der Waals surface area contributed by atoms with Crippen LogP contribution in [0.2, 0.25) is 0 Å². The maximum Gasteiger partial charge on any atom is 0.191 e. The summed E-state index contributed by atoms with van der Waals surface area (Å²) in [7, 11) is 0. The minimum absolute atomic E-state index is 0. The largest absolute Gasteiger partial charge is 0.379 e. The molecule has 6 heteroatoms. The van der Waals surface area contributed by atoms with E-state index in [-0.39, 0.29) is 24.0 Å². The molecule has 0 amide bonds. The molecule has 2 rings (SSSR count). The topological polar surface area (TPSA) is 48.9 Å². The van der Waals surface area contributed by atoms with E-state index in [9.17, 15) is 0 Å². The average molecular weight is 410 g/mol. The average Bonchev–Trinajstić information content (AvgIpc) is 3.18. The van der Waals surface area contributed by atoms with Crippen molar-refractivity contribution in [1.29, 1.82) is 0 Å². The predicted octanol–water partition coefficient (Wildman–Crippen LogP) is 1.68. The molecule has 5 nitrogen and oxygen atoms in total. The van der Waals surface area contributed by atoms with E-state index < -0.39 is 0 Å². The van der Waals surface area contributed by atoms with Gasteiger partial charge in [0.1, 0.15) is 0 Å². The molecule has 1 saturated heterocycles. The van der Waals surface area contributed by atoms with Gasteiger partial charge in [-0.2, -0.15) is 0 Å². The highest BCUT2D eigenvalue weighted by Gasteiger charge is 2.36. The van der Waals surface area contributed by atoms with Gasteiger partial charge in [-0.25, -0.2) is 0 Å². The van der Waals surface area contributed by atoms with Gasteiger partial charge in [0.05, 0.1) is 19.8 Å². The van der Waals surface area contributed by atoms with Gasteiger partial charge in [-0.05, 0) is 25.7 Å². The zero-order chi connectivity index (χ0) is 14.2. The third kappa shape index (κ3) is 7.15. The summed E-state index contributed by atoms with van der Waals surface area (Å²) in [6.45, 7) is 11.0. The second-order valence-electron chi connectivity index (χ2n) is 5.75. The van der Waals surface area contributed by atoms with Crippen LogP contribution < -0.4 is 10.6 Å². The van der Waals surface area contributed by atoms with Crippen molar-refractivity contribution in [1.82, 2.24) is 15.5 Å². The molecule has 1 heterocycles. The number of rotatable bonds is 7. The number of halogens is 1. The molecule has 0 radical (unpaired) electrons. The lowest BCUT2D eigenvalue weighted by Gasteiger charge is -2.25. The van der Waals surface area contributed by atoms with Gasteiger partial charge in [0.15, 0.2) is 5.96 Å². The molecule has 1 saturated carbocycles. The van der Waals surface area contributed by atoms with E-state index in [1.54, 1.807) is 0 Å². The summed E-state index contributed by atoms with van der Waals surface area (Å²) in [6, 6.07) is 0.649. The lowest BCUT2D eigenvalue weighted by Crippen LogP contribution is -2.41. The summed E-state index contributed by atoms with van der Waals surface area (Å²) in [4.78, 5) is 7.12. The standard InChI is InChI=1S/C15H30N4O.HI/c1-3-5-13-12-14(13)18-15(16-4-2)17-6-7-19-8-10-20-11-9-19;/h13-14H,3-12H2,1-2H3,(H2,16,17,18);1H. The molecule has 2 fully saturated rings. The van der Waals surface area contributed by atoms with Gasteiger partial charge in [0, 0.05) is 32.2 Å². The molecule has 2 atom stereocenters. The molecule has 2 aliphatic rings. The van der Waals surface area contributed by atoms with Gasteiger partial charge < -0.3 is 15.4 Å². The van der Waals surface area contributed by atoms with Gasteiger partial charge in [-0.15, -0.1) is 24.0 Å². The fourth-order valence-corrected chi connectivity index (χ4v) is 2.74. The normalized spacial score (nSPS) is 26.1. The second-order valence-corrected chi connectivity index (χ2v) is 5.75. The van der Waals surface area contributed by atoms with Crippen LogP contribution in [-0.4, -0.2) is 62.8 Å². The van der Waals surface area contributed by atoms with E-state index in [2.05, 4.69) is 29.4 Å². The van der Waals surface area contributed by atoms with E-state index in [0.717, 1.165) is 57.8 Å². The van der Waals surface area contributed by atoms with Crippen LogP contribution >= 0.6 is 24.0 Å². The van der Waals surface area contributed by atoms with Crippen LogP contribution in [0.1, 0.15) is 33.1 Å². The fraction of sp³-hybridized carbons (Fsp3) is 0.933. The number of aliphatic imine (C=N–C) groups is 1. The van der Waals surface area contributed by atoms with Crippen LogP contribution in [0.4, 0.5) is 0 Å². The minimum atomic E-state index is 0. The Labute approximate surface area is 146 Å². The number of hydrogen-bond acceptors (Lipinski definition) is 3. The van der Waals surface area contributed by atoms with Crippen LogP contribution in [-0.2, 0) is 4.74 Å². The van der Waals surface area contributed by atoms with Crippen molar-refractivity contribution in [3.63, 3.8) is 0 Å². The second kappa shape index (κ2) is 10.6. The number of nitrogens with one attached hydrogen (secondary N) is 2.